The van der Waals surface area contributed by atoms with Crippen LogP contribution in [0.1, 0.15) is 42.5 Å². The molecule has 2 rings (SSSR count). The van der Waals surface area contributed by atoms with Gasteiger partial charge in [-0.3, -0.25) is 0 Å². The van der Waals surface area contributed by atoms with Crippen molar-refractivity contribution in [3.8, 4) is 0 Å². The van der Waals surface area contributed by atoms with Crippen molar-refractivity contribution in [1.82, 2.24) is 14.3 Å². The highest BCUT2D eigenvalue weighted by atomic mass is 32.2. The van der Waals surface area contributed by atoms with E-state index in [1.54, 1.807) is 0 Å². The molecule has 0 unspecified atom stereocenters. The fourth-order valence-electron chi connectivity index (χ4n) is 2.46. The van der Waals surface area contributed by atoms with Crippen LogP contribution in [0, 0.1) is 13.8 Å². The van der Waals surface area contributed by atoms with E-state index in [2.05, 4.69) is 9.97 Å². The van der Waals surface area contributed by atoms with Gasteiger partial charge in [0.1, 0.15) is 5.82 Å². The maximum atomic E-state index is 11.8. The van der Waals surface area contributed by atoms with E-state index in [0.717, 1.165) is 30.7 Å². The standard InChI is InChI=1S/C12H19N3O2S/c1-9-8-10(2)14-12(13-9)11-6-4-5-7-15(11)18(3,16)17/h8,11H,4-7H2,1-3H3/t11-/m0/s1. The number of aromatic nitrogens is 2. The average molecular weight is 269 g/mol. The van der Waals surface area contributed by atoms with Crippen LogP contribution >= 0.6 is 0 Å². The normalized spacial score (nSPS) is 22.1. The molecule has 0 N–H and O–H groups in total. The van der Waals surface area contributed by atoms with Crippen molar-refractivity contribution in [1.29, 1.82) is 0 Å². The molecule has 1 aromatic heterocycles. The second-order valence-electron chi connectivity index (χ2n) is 4.89. The zero-order valence-corrected chi connectivity index (χ0v) is 11.9. The van der Waals surface area contributed by atoms with Gasteiger partial charge in [0.2, 0.25) is 10.0 Å². The third-order valence-corrected chi connectivity index (χ3v) is 4.47. The monoisotopic (exact) mass is 269 g/mol. The molecule has 0 amide bonds. The van der Waals surface area contributed by atoms with E-state index in [1.807, 2.05) is 19.9 Å². The number of piperidine rings is 1. The maximum absolute atomic E-state index is 11.8. The van der Waals surface area contributed by atoms with Crippen LogP contribution in [0.5, 0.6) is 0 Å². The number of rotatable bonds is 2. The molecular formula is C12H19N3O2S. The van der Waals surface area contributed by atoms with Crippen molar-refractivity contribution in [2.75, 3.05) is 12.8 Å². The van der Waals surface area contributed by atoms with Crippen molar-refractivity contribution in [2.45, 2.75) is 39.2 Å². The van der Waals surface area contributed by atoms with Crippen molar-refractivity contribution in [3.05, 3.63) is 23.3 Å². The van der Waals surface area contributed by atoms with Gasteiger partial charge in [0.25, 0.3) is 0 Å². The summed E-state index contributed by atoms with van der Waals surface area (Å²) in [5.41, 5.74) is 1.77. The number of hydrogen-bond acceptors (Lipinski definition) is 4. The van der Waals surface area contributed by atoms with Gasteiger partial charge >= 0.3 is 0 Å². The minimum Gasteiger partial charge on any atom is -0.236 e. The van der Waals surface area contributed by atoms with Gasteiger partial charge in [0, 0.05) is 17.9 Å². The summed E-state index contributed by atoms with van der Waals surface area (Å²) >= 11 is 0. The molecule has 0 radical (unpaired) electrons. The summed E-state index contributed by atoms with van der Waals surface area (Å²) in [5.74, 6) is 0.637. The Labute approximate surface area is 108 Å². The summed E-state index contributed by atoms with van der Waals surface area (Å²) in [6.45, 7) is 4.39. The second kappa shape index (κ2) is 4.93. The van der Waals surface area contributed by atoms with Crippen LogP contribution in [-0.4, -0.2) is 35.5 Å². The van der Waals surface area contributed by atoms with Gasteiger partial charge in [-0.15, -0.1) is 0 Å². The van der Waals surface area contributed by atoms with E-state index in [4.69, 9.17) is 0 Å². The summed E-state index contributed by atoms with van der Waals surface area (Å²) in [4.78, 5) is 8.81. The number of aryl methyl sites for hydroxylation is 2. The smallest absolute Gasteiger partial charge is 0.211 e. The van der Waals surface area contributed by atoms with Crippen LogP contribution in [0.25, 0.3) is 0 Å². The van der Waals surface area contributed by atoms with E-state index in [1.165, 1.54) is 10.6 Å². The average Bonchev–Trinajstić information content (AvgIpc) is 2.26. The first kappa shape index (κ1) is 13.4. The third kappa shape index (κ3) is 2.87. The SMILES string of the molecule is Cc1cc(C)nc([C@@H]2CCCCN2S(C)(=O)=O)n1. The molecule has 0 spiro atoms. The van der Waals surface area contributed by atoms with Crippen molar-refractivity contribution in [3.63, 3.8) is 0 Å². The van der Waals surface area contributed by atoms with E-state index < -0.39 is 10.0 Å². The zero-order valence-electron chi connectivity index (χ0n) is 11.0. The Kier molecular flexibility index (Phi) is 3.68. The molecule has 0 saturated carbocycles. The molecule has 1 fully saturated rings. The molecule has 0 aromatic carbocycles. The summed E-state index contributed by atoms with van der Waals surface area (Å²) in [7, 11) is -3.20. The van der Waals surface area contributed by atoms with Gasteiger partial charge in [0.15, 0.2) is 0 Å². The Hall–Kier alpha value is -1.01. The molecule has 1 aromatic rings. The molecule has 100 valence electrons. The summed E-state index contributed by atoms with van der Waals surface area (Å²) in [6.07, 6.45) is 3.99. The number of hydrogen-bond donors (Lipinski definition) is 0. The van der Waals surface area contributed by atoms with E-state index in [9.17, 15) is 8.42 Å². The van der Waals surface area contributed by atoms with Crippen LogP contribution in [-0.2, 0) is 10.0 Å². The zero-order chi connectivity index (χ0) is 13.3. The molecule has 6 heteroatoms. The molecule has 1 saturated heterocycles. The molecule has 5 nitrogen and oxygen atoms in total. The van der Waals surface area contributed by atoms with Gasteiger partial charge in [-0.2, -0.15) is 4.31 Å². The summed E-state index contributed by atoms with van der Waals surface area (Å²) in [6, 6.07) is 1.70. The molecule has 18 heavy (non-hydrogen) atoms. The van der Waals surface area contributed by atoms with Crippen LogP contribution < -0.4 is 0 Å². The fraction of sp³-hybridized carbons (Fsp3) is 0.667. The lowest BCUT2D eigenvalue weighted by atomic mass is 10.0. The number of sulfonamides is 1. The Morgan fingerprint density at radius 1 is 1.22 bits per heavy atom. The van der Waals surface area contributed by atoms with Crippen molar-refractivity contribution >= 4 is 10.0 Å². The van der Waals surface area contributed by atoms with E-state index in [0.29, 0.717) is 12.4 Å². The highest BCUT2D eigenvalue weighted by Gasteiger charge is 2.32. The van der Waals surface area contributed by atoms with Crippen LogP contribution in [0.2, 0.25) is 0 Å². The Bertz CT molecular complexity index is 522. The van der Waals surface area contributed by atoms with Gasteiger partial charge in [-0.25, -0.2) is 18.4 Å². The molecule has 1 aliphatic rings. The predicted molar refractivity (Wildman–Crippen MR) is 69.6 cm³/mol. The largest absolute Gasteiger partial charge is 0.236 e. The molecule has 1 aliphatic heterocycles. The lowest BCUT2D eigenvalue weighted by molar-refractivity contribution is 0.247. The third-order valence-electron chi connectivity index (χ3n) is 3.18. The first-order valence-electron chi connectivity index (χ1n) is 6.17. The predicted octanol–water partition coefficient (Wildman–Crippen LogP) is 1.58. The molecule has 2 heterocycles. The lowest BCUT2D eigenvalue weighted by Gasteiger charge is -2.32. The minimum absolute atomic E-state index is 0.202. The second-order valence-corrected chi connectivity index (χ2v) is 6.83. The van der Waals surface area contributed by atoms with Crippen LogP contribution in [0.3, 0.4) is 0 Å². The van der Waals surface area contributed by atoms with Crippen molar-refractivity contribution in [2.24, 2.45) is 0 Å². The Balaban J connectivity index is 2.40. The molecular weight excluding hydrogens is 250 g/mol. The first-order valence-corrected chi connectivity index (χ1v) is 8.02. The van der Waals surface area contributed by atoms with Gasteiger partial charge in [-0.05, 0) is 32.8 Å². The van der Waals surface area contributed by atoms with Crippen LogP contribution in [0.15, 0.2) is 6.07 Å². The molecule has 0 aliphatic carbocycles. The minimum atomic E-state index is -3.20. The Morgan fingerprint density at radius 3 is 2.39 bits per heavy atom. The summed E-state index contributed by atoms with van der Waals surface area (Å²) < 4.78 is 25.2. The van der Waals surface area contributed by atoms with Gasteiger partial charge < -0.3 is 0 Å². The highest BCUT2D eigenvalue weighted by molar-refractivity contribution is 7.88. The van der Waals surface area contributed by atoms with Crippen molar-refractivity contribution < 1.29 is 8.42 Å². The van der Waals surface area contributed by atoms with Gasteiger partial charge in [-0.1, -0.05) is 6.42 Å². The molecule has 0 bridgehead atoms. The quantitative estimate of drug-likeness (QED) is 0.817. The number of nitrogens with zero attached hydrogens (tertiary/aromatic N) is 3. The topological polar surface area (TPSA) is 63.2 Å². The van der Waals surface area contributed by atoms with Crippen LogP contribution in [0.4, 0.5) is 0 Å². The maximum Gasteiger partial charge on any atom is 0.211 e. The summed E-state index contributed by atoms with van der Waals surface area (Å²) in [5, 5.41) is 0. The molecule has 1 atom stereocenters. The van der Waals surface area contributed by atoms with E-state index in [-0.39, 0.29) is 6.04 Å². The fourth-order valence-corrected chi connectivity index (χ4v) is 3.58. The highest BCUT2D eigenvalue weighted by Crippen LogP contribution is 2.30. The Morgan fingerprint density at radius 2 is 1.83 bits per heavy atom. The lowest BCUT2D eigenvalue weighted by Crippen LogP contribution is -2.38. The van der Waals surface area contributed by atoms with Gasteiger partial charge in [0.05, 0.1) is 12.3 Å². The van der Waals surface area contributed by atoms with E-state index >= 15 is 0 Å². The first-order chi connectivity index (χ1) is 8.38.